The summed E-state index contributed by atoms with van der Waals surface area (Å²) in [5, 5.41) is 6.39. The van der Waals surface area contributed by atoms with Crippen molar-refractivity contribution < 1.29 is 9.53 Å². The molecule has 2 aliphatic heterocycles. The van der Waals surface area contributed by atoms with Crippen LogP contribution in [-0.2, 0) is 17.7 Å². The van der Waals surface area contributed by atoms with Gasteiger partial charge in [0.2, 0.25) is 0 Å². The molecule has 2 aliphatic rings. The highest BCUT2D eigenvalue weighted by Crippen LogP contribution is 2.25. The zero-order valence-corrected chi connectivity index (χ0v) is 14.3. The molecule has 0 bridgehead atoms. The fraction of sp³-hybridized carbons (Fsp3) is 0.611. The van der Waals surface area contributed by atoms with Crippen molar-refractivity contribution in [2.45, 2.75) is 51.8 Å². The number of carbonyl (C=O) groups excluding carboxylic acids is 1. The van der Waals surface area contributed by atoms with Crippen LogP contribution in [0, 0.1) is 0 Å². The lowest BCUT2D eigenvalue weighted by atomic mass is 10.0. The molecule has 1 aromatic carbocycles. The smallest absolute Gasteiger partial charge is 0.407 e. The van der Waals surface area contributed by atoms with E-state index in [1.165, 1.54) is 16.8 Å². The number of nitrogens with one attached hydrogen (secondary N) is 2. The summed E-state index contributed by atoms with van der Waals surface area (Å²) in [6.07, 6.45) is 1.73. The molecule has 1 aromatic rings. The molecule has 1 saturated heterocycles. The minimum absolute atomic E-state index is 0.155. The fourth-order valence-electron chi connectivity index (χ4n) is 3.25. The van der Waals surface area contributed by atoms with Gasteiger partial charge in [0.05, 0.1) is 6.04 Å². The molecule has 0 spiro atoms. The van der Waals surface area contributed by atoms with Crippen molar-refractivity contribution in [3.8, 4) is 0 Å². The summed E-state index contributed by atoms with van der Waals surface area (Å²) in [5.74, 6) is 0. The van der Waals surface area contributed by atoms with Gasteiger partial charge in [-0.25, -0.2) is 4.79 Å². The average molecular weight is 317 g/mol. The maximum atomic E-state index is 11.9. The number of benzene rings is 1. The number of anilines is 1. The van der Waals surface area contributed by atoms with Gasteiger partial charge >= 0.3 is 6.09 Å². The van der Waals surface area contributed by atoms with Crippen molar-refractivity contribution in [1.82, 2.24) is 10.6 Å². The molecule has 0 aliphatic carbocycles. The quantitative estimate of drug-likeness (QED) is 0.880. The van der Waals surface area contributed by atoms with Gasteiger partial charge in [-0.05, 0) is 63.4 Å². The first-order valence-corrected chi connectivity index (χ1v) is 8.48. The Morgan fingerprint density at radius 3 is 2.96 bits per heavy atom. The minimum atomic E-state index is -0.450. The molecule has 2 heterocycles. The van der Waals surface area contributed by atoms with Gasteiger partial charge in [-0.1, -0.05) is 6.07 Å². The first-order chi connectivity index (χ1) is 10.9. The highest BCUT2D eigenvalue weighted by Gasteiger charge is 2.26. The molecule has 1 atom stereocenters. The number of carbonyl (C=O) groups is 1. The number of hydrogen-bond donors (Lipinski definition) is 2. The molecular formula is C18H27N3O2. The van der Waals surface area contributed by atoms with Crippen molar-refractivity contribution in [2.75, 3.05) is 24.5 Å². The highest BCUT2D eigenvalue weighted by molar-refractivity contribution is 5.68. The summed E-state index contributed by atoms with van der Waals surface area (Å²) >= 11 is 0. The third kappa shape index (κ3) is 4.16. The Balaban J connectivity index is 1.58. The first-order valence-electron chi connectivity index (χ1n) is 8.48. The van der Waals surface area contributed by atoms with Crippen LogP contribution in [0.1, 0.15) is 38.3 Å². The lowest BCUT2D eigenvalue weighted by molar-refractivity contribution is 0.0509. The van der Waals surface area contributed by atoms with Gasteiger partial charge in [0.15, 0.2) is 0 Å². The average Bonchev–Trinajstić information content (AvgIpc) is 2.93. The molecular weight excluding hydrogens is 290 g/mol. The summed E-state index contributed by atoms with van der Waals surface area (Å²) in [5.41, 5.74) is 3.67. The molecule has 1 unspecified atom stereocenters. The van der Waals surface area contributed by atoms with E-state index in [1.54, 1.807) is 0 Å². The zero-order valence-electron chi connectivity index (χ0n) is 14.3. The van der Waals surface area contributed by atoms with Crippen LogP contribution < -0.4 is 15.5 Å². The number of ether oxygens (including phenoxy) is 1. The van der Waals surface area contributed by atoms with Gasteiger partial charge in [-0.2, -0.15) is 0 Å². The van der Waals surface area contributed by atoms with E-state index >= 15 is 0 Å². The fourth-order valence-corrected chi connectivity index (χ4v) is 3.25. The number of alkyl carbamates (subject to hydrolysis) is 1. The monoisotopic (exact) mass is 317 g/mol. The molecule has 3 rings (SSSR count). The SMILES string of the molecule is CC(C)(C)OC(=O)NC1CCN(c2ccc3c(c2)CCNC3)C1. The second-order valence-corrected chi connectivity index (χ2v) is 7.46. The molecule has 23 heavy (non-hydrogen) atoms. The van der Waals surface area contributed by atoms with Gasteiger partial charge in [0.1, 0.15) is 5.60 Å². The van der Waals surface area contributed by atoms with E-state index in [2.05, 4.69) is 33.7 Å². The van der Waals surface area contributed by atoms with Crippen LogP contribution in [0.5, 0.6) is 0 Å². The van der Waals surface area contributed by atoms with Crippen LogP contribution >= 0.6 is 0 Å². The number of nitrogens with zero attached hydrogens (tertiary/aromatic N) is 1. The van der Waals surface area contributed by atoms with E-state index in [-0.39, 0.29) is 12.1 Å². The highest BCUT2D eigenvalue weighted by atomic mass is 16.6. The molecule has 0 saturated carbocycles. The lowest BCUT2D eigenvalue weighted by Crippen LogP contribution is -2.40. The third-order valence-corrected chi connectivity index (χ3v) is 4.35. The van der Waals surface area contributed by atoms with E-state index in [9.17, 15) is 4.79 Å². The predicted octanol–water partition coefficient (Wildman–Crippen LogP) is 2.44. The van der Waals surface area contributed by atoms with Crippen LogP contribution in [0.4, 0.5) is 10.5 Å². The summed E-state index contributed by atoms with van der Waals surface area (Å²) < 4.78 is 5.34. The molecule has 2 N–H and O–H groups in total. The zero-order chi connectivity index (χ0) is 16.4. The first kappa shape index (κ1) is 16.1. The molecule has 1 amide bonds. The van der Waals surface area contributed by atoms with E-state index in [1.807, 2.05) is 20.8 Å². The van der Waals surface area contributed by atoms with Crippen LogP contribution in [0.25, 0.3) is 0 Å². The number of fused-ring (bicyclic) bond motifs is 1. The van der Waals surface area contributed by atoms with Gasteiger partial charge in [-0.15, -0.1) is 0 Å². The standard InChI is InChI=1S/C18H27N3O2/c1-18(2,3)23-17(22)20-15-7-9-21(12-15)16-5-4-14-11-19-8-6-13(14)10-16/h4-5,10,15,19H,6-9,11-12H2,1-3H3,(H,20,22). The summed E-state index contributed by atoms with van der Waals surface area (Å²) in [4.78, 5) is 14.2. The Labute approximate surface area is 138 Å². The summed E-state index contributed by atoms with van der Waals surface area (Å²) in [6.45, 7) is 9.49. The summed E-state index contributed by atoms with van der Waals surface area (Å²) in [6, 6.07) is 6.89. The number of hydrogen-bond acceptors (Lipinski definition) is 4. The maximum Gasteiger partial charge on any atom is 0.407 e. The van der Waals surface area contributed by atoms with Gasteiger partial charge in [-0.3, -0.25) is 0 Å². The maximum absolute atomic E-state index is 11.9. The normalized spacial score (nSPS) is 21.0. The van der Waals surface area contributed by atoms with E-state index in [0.717, 1.165) is 39.0 Å². The third-order valence-electron chi connectivity index (χ3n) is 4.35. The van der Waals surface area contributed by atoms with E-state index in [4.69, 9.17) is 4.74 Å². The summed E-state index contributed by atoms with van der Waals surface area (Å²) in [7, 11) is 0. The molecule has 1 fully saturated rings. The van der Waals surface area contributed by atoms with Crippen LogP contribution in [0.3, 0.4) is 0 Å². The molecule has 5 heteroatoms. The van der Waals surface area contributed by atoms with Crippen molar-refractivity contribution in [3.05, 3.63) is 29.3 Å². The number of rotatable bonds is 2. The number of amides is 1. The Bertz CT molecular complexity index is 580. The van der Waals surface area contributed by atoms with E-state index < -0.39 is 5.60 Å². The topological polar surface area (TPSA) is 53.6 Å². The lowest BCUT2D eigenvalue weighted by Gasteiger charge is -2.24. The van der Waals surface area contributed by atoms with Crippen LogP contribution in [-0.4, -0.2) is 37.4 Å². The van der Waals surface area contributed by atoms with Gasteiger partial charge < -0.3 is 20.3 Å². The molecule has 0 radical (unpaired) electrons. The molecule has 126 valence electrons. The predicted molar refractivity (Wildman–Crippen MR) is 91.8 cm³/mol. The largest absolute Gasteiger partial charge is 0.444 e. The Kier molecular flexibility index (Phi) is 4.48. The molecule has 0 aromatic heterocycles. The van der Waals surface area contributed by atoms with Crippen molar-refractivity contribution in [1.29, 1.82) is 0 Å². The van der Waals surface area contributed by atoms with Gasteiger partial charge in [0.25, 0.3) is 0 Å². The van der Waals surface area contributed by atoms with Crippen LogP contribution in [0.2, 0.25) is 0 Å². The van der Waals surface area contributed by atoms with Crippen LogP contribution in [0.15, 0.2) is 18.2 Å². The second-order valence-electron chi connectivity index (χ2n) is 7.46. The van der Waals surface area contributed by atoms with Crippen molar-refractivity contribution in [3.63, 3.8) is 0 Å². The minimum Gasteiger partial charge on any atom is -0.444 e. The van der Waals surface area contributed by atoms with Crippen molar-refractivity contribution >= 4 is 11.8 Å². The van der Waals surface area contributed by atoms with Crippen molar-refractivity contribution in [2.24, 2.45) is 0 Å². The Hall–Kier alpha value is -1.75. The Morgan fingerprint density at radius 1 is 1.35 bits per heavy atom. The van der Waals surface area contributed by atoms with Gasteiger partial charge in [0, 0.05) is 25.3 Å². The van der Waals surface area contributed by atoms with E-state index in [0.29, 0.717) is 0 Å². The molecule has 5 nitrogen and oxygen atoms in total. The Morgan fingerprint density at radius 2 is 2.17 bits per heavy atom. The second kappa shape index (κ2) is 6.40.